The molecule has 0 radical (unpaired) electrons. The Morgan fingerprint density at radius 1 is 1.64 bits per heavy atom. The number of carboxylic acid groups (broad SMARTS) is 1. The molecule has 0 aliphatic rings. The standard InChI is InChI=1S/C4H6NO5P/c5-1-3(4(6)7)2-11(8,9)10/h3H,2H2,(H,6,7)(H2,8,9,10). The summed E-state index contributed by atoms with van der Waals surface area (Å²) in [5.74, 6) is -3.15. The summed E-state index contributed by atoms with van der Waals surface area (Å²) < 4.78 is 10.2. The molecule has 7 heteroatoms. The van der Waals surface area contributed by atoms with Crippen molar-refractivity contribution in [1.29, 1.82) is 5.26 Å². The second-order valence-corrected chi connectivity index (χ2v) is 3.56. The number of carboxylic acids is 1. The molecule has 0 aromatic heterocycles. The Kier molecular flexibility index (Phi) is 3.20. The van der Waals surface area contributed by atoms with E-state index in [1.807, 2.05) is 0 Å². The van der Waals surface area contributed by atoms with Gasteiger partial charge in [0.1, 0.15) is 0 Å². The molecule has 0 aromatic rings. The third kappa shape index (κ3) is 4.51. The molecule has 0 aliphatic carbocycles. The Bertz CT molecular complexity index is 237. The first-order valence-corrected chi connectivity index (χ1v) is 4.33. The highest BCUT2D eigenvalue weighted by atomic mass is 31.2. The molecule has 0 bridgehead atoms. The molecule has 3 N–H and O–H groups in total. The first-order valence-electron chi connectivity index (χ1n) is 2.54. The Morgan fingerprint density at radius 3 is 2.18 bits per heavy atom. The molecular weight excluding hydrogens is 173 g/mol. The van der Waals surface area contributed by atoms with Crippen LogP contribution < -0.4 is 0 Å². The van der Waals surface area contributed by atoms with E-state index in [4.69, 9.17) is 20.2 Å². The van der Waals surface area contributed by atoms with Crippen LogP contribution in [0, 0.1) is 17.2 Å². The number of nitrogens with zero attached hydrogens (tertiary/aromatic N) is 1. The van der Waals surface area contributed by atoms with Crippen molar-refractivity contribution in [2.75, 3.05) is 6.16 Å². The Labute approximate surface area is 62.2 Å². The molecule has 1 unspecified atom stereocenters. The maximum absolute atomic E-state index is 10.2. The number of carbonyl (C=O) groups is 1. The van der Waals surface area contributed by atoms with E-state index >= 15 is 0 Å². The van der Waals surface area contributed by atoms with Crippen LogP contribution in [0.5, 0.6) is 0 Å². The zero-order valence-electron chi connectivity index (χ0n) is 5.34. The van der Waals surface area contributed by atoms with Gasteiger partial charge in [0.2, 0.25) is 0 Å². The SMILES string of the molecule is N#CC(CP(=O)(O)O)C(=O)O. The molecule has 0 fully saturated rings. The van der Waals surface area contributed by atoms with E-state index in [1.54, 1.807) is 0 Å². The molecule has 0 rings (SSSR count). The minimum absolute atomic E-state index is 0.932. The lowest BCUT2D eigenvalue weighted by Crippen LogP contribution is -2.15. The number of hydrogen-bond donors (Lipinski definition) is 3. The van der Waals surface area contributed by atoms with Crippen LogP contribution in [-0.2, 0) is 9.36 Å². The van der Waals surface area contributed by atoms with Crippen molar-refractivity contribution >= 4 is 13.6 Å². The molecule has 6 nitrogen and oxygen atoms in total. The van der Waals surface area contributed by atoms with Crippen LogP contribution in [0.15, 0.2) is 0 Å². The van der Waals surface area contributed by atoms with E-state index in [-0.39, 0.29) is 0 Å². The zero-order chi connectivity index (χ0) is 9.07. The lowest BCUT2D eigenvalue weighted by Gasteiger charge is -2.04. The summed E-state index contributed by atoms with van der Waals surface area (Å²) >= 11 is 0. The van der Waals surface area contributed by atoms with Gasteiger partial charge in [0, 0.05) is 0 Å². The fourth-order valence-corrected chi connectivity index (χ4v) is 1.13. The van der Waals surface area contributed by atoms with Crippen LogP contribution in [0.25, 0.3) is 0 Å². The molecule has 11 heavy (non-hydrogen) atoms. The molecule has 0 aromatic carbocycles. The second kappa shape index (κ2) is 3.49. The van der Waals surface area contributed by atoms with E-state index in [0.717, 1.165) is 0 Å². The van der Waals surface area contributed by atoms with Gasteiger partial charge in [0.15, 0.2) is 5.92 Å². The molecule has 1 atom stereocenters. The topological polar surface area (TPSA) is 119 Å². The van der Waals surface area contributed by atoms with E-state index < -0.39 is 25.6 Å². The van der Waals surface area contributed by atoms with Gasteiger partial charge in [0.05, 0.1) is 12.2 Å². The van der Waals surface area contributed by atoms with Gasteiger partial charge in [-0.25, -0.2) is 0 Å². The van der Waals surface area contributed by atoms with Gasteiger partial charge in [-0.3, -0.25) is 9.36 Å². The fourth-order valence-electron chi connectivity index (χ4n) is 0.412. The van der Waals surface area contributed by atoms with Crippen molar-refractivity contribution in [3.63, 3.8) is 0 Å². The van der Waals surface area contributed by atoms with Crippen LogP contribution in [0.3, 0.4) is 0 Å². The molecule has 62 valence electrons. The van der Waals surface area contributed by atoms with Crippen molar-refractivity contribution in [3.8, 4) is 6.07 Å². The normalized spacial score (nSPS) is 13.5. The first-order chi connectivity index (χ1) is 4.87. The Morgan fingerprint density at radius 2 is 2.09 bits per heavy atom. The Balaban J connectivity index is 4.25. The van der Waals surface area contributed by atoms with Gasteiger partial charge in [-0.05, 0) is 0 Å². The van der Waals surface area contributed by atoms with E-state index in [2.05, 4.69) is 0 Å². The zero-order valence-corrected chi connectivity index (χ0v) is 6.23. The van der Waals surface area contributed by atoms with Gasteiger partial charge >= 0.3 is 13.6 Å². The number of aliphatic carboxylic acids is 1. The largest absolute Gasteiger partial charge is 0.480 e. The predicted molar refractivity (Wildman–Crippen MR) is 33.6 cm³/mol. The summed E-state index contributed by atoms with van der Waals surface area (Å²) in [5.41, 5.74) is 0. The highest BCUT2D eigenvalue weighted by Gasteiger charge is 2.26. The fraction of sp³-hybridized carbons (Fsp3) is 0.500. The smallest absolute Gasteiger partial charge is 0.327 e. The third-order valence-electron chi connectivity index (χ3n) is 0.874. The van der Waals surface area contributed by atoms with E-state index in [1.165, 1.54) is 6.07 Å². The predicted octanol–water partition coefficient (Wildman–Crippen LogP) is -0.612. The summed E-state index contributed by atoms with van der Waals surface area (Å²) in [7, 11) is -4.40. The molecular formula is C4H6NO5P. The highest BCUT2D eigenvalue weighted by Crippen LogP contribution is 2.36. The lowest BCUT2D eigenvalue weighted by molar-refractivity contribution is -0.139. The van der Waals surface area contributed by atoms with Gasteiger partial charge in [-0.15, -0.1) is 0 Å². The molecule has 0 heterocycles. The van der Waals surface area contributed by atoms with Gasteiger partial charge in [-0.2, -0.15) is 5.26 Å². The minimum atomic E-state index is -4.40. The summed E-state index contributed by atoms with van der Waals surface area (Å²) in [6.07, 6.45) is -0.932. The average Bonchev–Trinajstić information content (AvgIpc) is 1.80. The van der Waals surface area contributed by atoms with Crippen molar-refractivity contribution in [2.24, 2.45) is 5.92 Å². The van der Waals surface area contributed by atoms with Gasteiger partial charge in [0.25, 0.3) is 0 Å². The van der Waals surface area contributed by atoms with E-state index in [0.29, 0.717) is 0 Å². The average molecular weight is 179 g/mol. The molecule has 0 aliphatic heterocycles. The van der Waals surface area contributed by atoms with Crippen molar-refractivity contribution < 1.29 is 24.3 Å². The van der Waals surface area contributed by atoms with Crippen LogP contribution >= 0.6 is 7.60 Å². The van der Waals surface area contributed by atoms with Crippen molar-refractivity contribution in [1.82, 2.24) is 0 Å². The van der Waals surface area contributed by atoms with Crippen LogP contribution in [0.4, 0.5) is 0 Å². The second-order valence-electron chi connectivity index (χ2n) is 1.87. The van der Waals surface area contributed by atoms with Crippen LogP contribution in [-0.4, -0.2) is 27.0 Å². The van der Waals surface area contributed by atoms with Crippen molar-refractivity contribution in [2.45, 2.75) is 0 Å². The van der Waals surface area contributed by atoms with E-state index in [9.17, 15) is 9.36 Å². The monoisotopic (exact) mass is 179 g/mol. The molecule has 0 saturated carbocycles. The lowest BCUT2D eigenvalue weighted by atomic mass is 10.2. The summed E-state index contributed by atoms with van der Waals surface area (Å²) in [6.45, 7) is 0. The minimum Gasteiger partial charge on any atom is -0.480 e. The van der Waals surface area contributed by atoms with Crippen LogP contribution in [0.2, 0.25) is 0 Å². The van der Waals surface area contributed by atoms with Gasteiger partial charge in [-0.1, -0.05) is 0 Å². The Hall–Kier alpha value is -0.890. The van der Waals surface area contributed by atoms with Crippen molar-refractivity contribution in [3.05, 3.63) is 0 Å². The summed E-state index contributed by atoms with van der Waals surface area (Å²) in [4.78, 5) is 26.6. The molecule has 0 spiro atoms. The summed E-state index contributed by atoms with van der Waals surface area (Å²) in [6, 6.07) is 1.27. The number of nitriles is 1. The summed E-state index contributed by atoms with van der Waals surface area (Å²) in [5, 5.41) is 16.3. The number of rotatable bonds is 3. The molecule has 0 saturated heterocycles. The maximum Gasteiger partial charge on any atom is 0.327 e. The highest BCUT2D eigenvalue weighted by molar-refractivity contribution is 7.51. The quantitative estimate of drug-likeness (QED) is 0.497. The first kappa shape index (κ1) is 10.1. The van der Waals surface area contributed by atoms with Gasteiger partial charge < -0.3 is 14.9 Å². The number of hydrogen-bond acceptors (Lipinski definition) is 3. The maximum atomic E-state index is 10.2. The molecule has 0 amide bonds. The third-order valence-corrected chi connectivity index (χ3v) is 1.72. The van der Waals surface area contributed by atoms with Crippen LogP contribution in [0.1, 0.15) is 0 Å².